The van der Waals surface area contributed by atoms with Crippen LogP contribution < -0.4 is 0 Å². The summed E-state index contributed by atoms with van der Waals surface area (Å²) < 4.78 is 5.69. The maximum Gasteiger partial charge on any atom is 0.134 e. The van der Waals surface area contributed by atoms with Gasteiger partial charge in [-0.25, -0.2) is 0 Å². The number of fused-ring (bicyclic) bond motifs is 1. The molecule has 0 radical (unpaired) electrons. The largest absolute Gasteiger partial charge is 0.458 e. The van der Waals surface area contributed by atoms with Crippen molar-refractivity contribution in [2.45, 2.75) is 19.4 Å². The van der Waals surface area contributed by atoms with Crippen molar-refractivity contribution >= 4 is 22.3 Å². The number of aliphatic hydroxyl groups excluding tert-OH is 1. The van der Waals surface area contributed by atoms with E-state index in [1.54, 1.807) is 11.3 Å². The van der Waals surface area contributed by atoms with Gasteiger partial charge in [0.1, 0.15) is 17.4 Å². The first-order valence-electron chi connectivity index (χ1n) is 5.91. The number of hydrogen-bond donors (Lipinski definition) is 1. The highest BCUT2D eigenvalue weighted by Crippen LogP contribution is 2.27. The predicted octanol–water partition coefficient (Wildman–Crippen LogP) is 4.08. The molecule has 2 heterocycles. The lowest BCUT2D eigenvalue weighted by molar-refractivity contribution is 0.153. The van der Waals surface area contributed by atoms with Gasteiger partial charge in [-0.2, -0.15) is 11.3 Å². The highest BCUT2D eigenvalue weighted by molar-refractivity contribution is 7.07. The predicted molar refractivity (Wildman–Crippen MR) is 73.9 cm³/mol. The minimum atomic E-state index is -0.577. The summed E-state index contributed by atoms with van der Waals surface area (Å²) in [6.45, 7) is 2.05. The van der Waals surface area contributed by atoms with E-state index in [0.29, 0.717) is 12.2 Å². The Bertz CT molecular complexity index is 652. The van der Waals surface area contributed by atoms with Gasteiger partial charge < -0.3 is 9.52 Å². The van der Waals surface area contributed by atoms with Crippen molar-refractivity contribution in [2.24, 2.45) is 0 Å². The van der Waals surface area contributed by atoms with Gasteiger partial charge in [-0.1, -0.05) is 11.6 Å². The molecule has 1 unspecified atom stereocenters. The van der Waals surface area contributed by atoms with Gasteiger partial charge in [0.2, 0.25) is 0 Å². The molecule has 1 N–H and O–H groups in total. The average molecular weight is 258 g/mol. The van der Waals surface area contributed by atoms with E-state index in [0.717, 1.165) is 16.5 Å². The number of aliphatic hydroxyl groups is 1. The van der Waals surface area contributed by atoms with E-state index in [2.05, 4.69) is 11.4 Å². The van der Waals surface area contributed by atoms with Gasteiger partial charge in [-0.15, -0.1) is 0 Å². The second kappa shape index (κ2) is 4.59. The third-order valence-electron chi connectivity index (χ3n) is 3.03. The van der Waals surface area contributed by atoms with Crippen LogP contribution in [0, 0.1) is 6.92 Å². The quantitative estimate of drug-likeness (QED) is 0.768. The summed E-state index contributed by atoms with van der Waals surface area (Å²) in [4.78, 5) is 0. The fraction of sp³-hybridized carbons (Fsp3) is 0.200. The number of hydrogen-bond acceptors (Lipinski definition) is 3. The van der Waals surface area contributed by atoms with Gasteiger partial charge in [0.15, 0.2) is 0 Å². The first-order valence-corrected chi connectivity index (χ1v) is 6.86. The van der Waals surface area contributed by atoms with Crippen LogP contribution in [-0.4, -0.2) is 5.11 Å². The van der Waals surface area contributed by atoms with E-state index in [1.165, 1.54) is 5.56 Å². The Balaban J connectivity index is 1.89. The van der Waals surface area contributed by atoms with E-state index in [-0.39, 0.29) is 0 Å². The molecule has 0 spiro atoms. The van der Waals surface area contributed by atoms with Gasteiger partial charge in [-0.05, 0) is 47.5 Å². The Kier molecular flexibility index (Phi) is 2.94. The van der Waals surface area contributed by atoms with Crippen LogP contribution in [0.1, 0.15) is 23.0 Å². The molecule has 0 aliphatic carbocycles. The van der Waals surface area contributed by atoms with Crippen molar-refractivity contribution in [3.05, 3.63) is 58.0 Å². The summed E-state index contributed by atoms with van der Waals surface area (Å²) in [5.41, 5.74) is 3.17. The highest BCUT2D eigenvalue weighted by Gasteiger charge is 2.14. The Hall–Kier alpha value is -1.58. The van der Waals surface area contributed by atoms with Crippen LogP contribution in [0.15, 0.2) is 45.5 Å². The number of aryl methyl sites for hydroxylation is 1. The average Bonchev–Trinajstić information content (AvgIpc) is 2.96. The fourth-order valence-corrected chi connectivity index (χ4v) is 2.76. The van der Waals surface area contributed by atoms with Crippen molar-refractivity contribution < 1.29 is 9.52 Å². The number of thiophene rings is 1. The summed E-state index contributed by atoms with van der Waals surface area (Å²) in [5.74, 6) is 0.641. The number of furan rings is 1. The zero-order chi connectivity index (χ0) is 12.5. The van der Waals surface area contributed by atoms with Crippen molar-refractivity contribution in [2.75, 3.05) is 0 Å². The van der Waals surface area contributed by atoms with Crippen LogP contribution >= 0.6 is 11.3 Å². The number of rotatable bonds is 3. The zero-order valence-corrected chi connectivity index (χ0v) is 10.9. The molecule has 0 aliphatic rings. The van der Waals surface area contributed by atoms with E-state index in [9.17, 15) is 5.11 Å². The van der Waals surface area contributed by atoms with Crippen molar-refractivity contribution in [3.8, 4) is 0 Å². The van der Waals surface area contributed by atoms with Crippen LogP contribution in [-0.2, 0) is 6.42 Å². The summed E-state index contributed by atoms with van der Waals surface area (Å²) in [6, 6.07) is 9.99. The Labute approximate surface area is 109 Å². The fourth-order valence-electron chi connectivity index (χ4n) is 2.08. The first-order chi connectivity index (χ1) is 8.72. The first kappa shape index (κ1) is 11.5. The van der Waals surface area contributed by atoms with Crippen LogP contribution in [0.3, 0.4) is 0 Å². The number of benzene rings is 1. The van der Waals surface area contributed by atoms with Gasteiger partial charge in [0.05, 0.1) is 0 Å². The second-order valence-corrected chi connectivity index (χ2v) is 5.32. The van der Waals surface area contributed by atoms with Gasteiger partial charge >= 0.3 is 0 Å². The van der Waals surface area contributed by atoms with E-state index < -0.39 is 6.10 Å². The summed E-state index contributed by atoms with van der Waals surface area (Å²) in [7, 11) is 0. The Morgan fingerprint density at radius 3 is 2.94 bits per heavy atom. The maximum atomic E-state index is 10.2. The molecule has 92 valence electrons. The van der Waals surface area contributed by atoms with Crippen molar-refractivity contribution in [1.82, 2.24) is 0 Å². The molecule has 0 amide bonds. The van der Waals surface area contributed by atoms with Crippen LogP contribution in [0.25, 0.3) is 11.0 Å². The molecule has 3 aromatic rings. The Morgan fingerprint density at radius 2 is 2.17 bits per heavy atom. The van der Waals surface area contributed by atoms with Gasteiger partial charge in [0, 0.05) is 11.8 Å². The normalized spacial score (nSPS) is 13.0. The van der Waals surface area contributed by atoms with Gasteiger partial charge in [0.25, 0.3) is 0 Å². The Morgan fingerprint density at radius 1 is 1.28 bits per heavy atom. The van der Waals surface area contributed by atoms with Gasteiger partial charge in [-0.3, -0.25) is 0 Å². The third-order valence-corrected chi connectivity index (χ3v) is 3.76. The standard InChI is InChI=1S/C15H14O2S/c1-10-2-3-14-12(6-10)8-15(17-14)13(16)7-11-4-5-18-9-11/h2-6,8-9,13,16H,7H2,1H3. The molecule has 0 bridgehead atoms. The van der Waals surface area contributed by atoms with Crippen molar-refractivity contribution in [1.29, 1.82) is 0 Å². The second-order valence-electron chi connectivity index (χ2n) is 4.54. The smallest absolute Gasteiger partial charge is 0.134 e. The molecule has 0 saturated heterocycles. The van der Waals surface area contributed by atoms with E-state index >= 15 is 0 Å². The monoisotopic (exact) mass is 258 g/mol. The van der Waals surface area contributed by atoms with Crippen LogP contribution in [0.4, 0.5) is 0 Å². The topological polar surface area (TPSA) is 33.4 Å². The lowest BCUT2D eigenvalue weighted by atomic mass is 10.1. The molecule has 3 heteroatoms. The molecule has 18 heavy (non-hydrogen) atoms. The van der Waals surface area contributed by atoms with Crippen LogP contribution in [0.2, 0.25) is 0 Å². The molecule has 1 aromatic carbocycles. The molecular weight excluding hydrogens is 244 g/mol. The molecule has 1 atom stereocenters. The minimum absolute atomic E-state index is 0.577. The summed E-state index contributed by atoms with van der Waals surface area (Å²) in [6.07, 6.45) is 0.0229. The SMILES string of the molecule is Cc1ccc2oc(C(O)Cc3ccsc3)cc2c1. The summed E-state index contributed by atoms with van der Waals surface area (Å²) >= 11 is 1.64. The molecular formula is C15H14O2S. The highest BCUT2D eigenvalue weighted by atomic mass is 32.1. The van der Waals surface area contributed by atoms with E-state index in [4.69, 9.17) is 4.42 Å². The molecule has 0 aliphatic heterocycles. The van der Waals surface area contributed by atoms with Crippen molar-refractivity contribution in [3.63, 3.8) is 0 Å². The maximum absolute atomic E-state index is 10.2. The van der Waals surface area contributed by atoms with E-state index in [1.807, 2.05) is 36.6 Å². The molecule has 2 nitrogen and oxygen atoms in total. The molecule has 0 saturated carbocycles. The molecule has 2 aromatic heterocycles. The lowest BCUT2D eigenvalue weighted by Gasteiger charge is -2.05. The van der Waals surface area contributed by atoms with Crippen LogP contribution in [0.5, 0.6) is 0 Å². The minimum Gasteiger partial charge on any atom is -0.458 e. The molecule has 3 rings (SSSR count). The zero-order valence-electron chi connectivity index (χ0n) is 10.1. The summed E-state index contributed by atoms with van der Waals surface area (Å²) in [5, 5.41) is 15.3. The molecule has 0 fully saturated rings. The third kappa shape index (κ3) is 2.19. The lowest BCUT2D eigenvalue weighted by Crippen LogP contribution is -1.98.